The van der Waals surface area contributed by atoms with Crippen LogP contribution in [0, 0.1) is 5.92 Å². The Hall–Kier alpha value is -2.94. The summed E-state index contributed by atoms with van der Waals surface area (Å²) >= 11 is -1.84. The first kappa shape index (κ1) is 20.8. The van der Waals surface area contributed by atoms with Gasteiger partial charge in [0.15, 0.2) is 0 Å². The number of amides is 1. The van der Waals surface area contributed by atoms with Gasteiger partial charge in [0.25, 0.3) is 0 Å². The first-order chi connectivity index (χ1) is 13.9. The van der Waals surface area contributed by atoms with Gasteiger partial charge >= 0.3 is 17.0 Å². The molecule has 9 nitrogen and oxygen atoms in total. The Morgan fingerprint density at radius 2 is 1.97 bits per heavy atom. The average molecular weight is 417 g/mol. The lowest BCUT2D eigenvalue weighted by Crippen LogP contribution is -2.68. The monoisotopic (exact) mass is 417 g/mol. The van der Waals surface area contributed by atoms with E-state index in [-0.39, 0.29) is 35.9 Å². The molecule has 2 heterocycles. The standard InChI is InChI=1S/C19H19N3O6S/c1-11-15(19(25)28-10-13-6-4-3-5-7-13)22-17(24)14(8-9-27-12(2)23)18(22)29(26)16(11)21-20/h3-7,14,18H,8-10H2,1-2H3/t14-,18-,29-/m0/s1. The first-order valence-corrected chi connectivity index (χ1v) is 10.1. The van der Waals surface area contributed by atoms with Gasteiger partial charge in [0.05, 0.1) is 17.8 Å². The topological polar surface area (TPSA) is 132 Å². The second kappa shape index (κ2) is 8.60. The van der Waals surface area contributed by atoms with E-state index in [4.69, 9.17) is 9.47 Å². The SMILES string of the molecule is CC(=O)OCC[C@H]1C(=O)N2C(C(=O)OCc3ccccc3)=C(C)C(=[N+]=[N-])[S@+]([O-])[C@@H]12. The van der Waals surface area contributed by atoms with Gasteiger partial charge in [-0.1, -0.05) is 30.3 Å². The normalized spacial score (nSPS) is 23.1. The molecule has 3 rings (SSSR count). The van der Waals surface area contributed by atoms with E-state index < -0.39 is 40.3 Å². The number of carbonyl (C=O) groups excluding carboxylic acids is 3. The Kier molecular flexibility index (Phi) is 6.17. The zero-order valence-corrected chi connectivity index (χ0v) is 16.7. The largest absolute Gasteiger partial charge is 0.604 e. The van der Waals surface area contributed by atoms with E-state index in [0.29, 0.717) is 0 Å². The number of ether oxygens (including phenoxy) is 2. The number of hydrogen-bond acceptors (Lipinski definition) is 6. The van der Waals surface area contributed by atoms with Gasteiger partial charge in [-0.05, 0) is 18.9 Å². The Morgan fingerprint density at radius 3 is 2.59 bits per heavy atom. The van der Waals surface area contributed by atoms with Crippen molar-refractivity contribution in [2.24, 2.45) is 5.92 Å². The molecule has 0 radical (unpaired) electrons. The van der Waals surface area contributed by atoms with Crippen LogP contribution in [0.2, 0.25) is 0 Å². The van der Waals surface area contributed by atoms with Gasteiger partial charge < -0.3 is 19.6 Å². The number of hydrogen-bond donors (Lipinski definition) is 0. The van der Waals surface area contributed by atoms with Crippen LogP contribution in [0.3, 0.4) is 0 Å². The molecule has 0 unspecified atom stereocenters. The lowest BCUT2D eigenvalue weighted by molar-refractivity contribution is -0.157. The van der Waals surface area contributed by atoms with Crippen molar-refractivity contribution in [2.75, 3.05) is 6.61 Å². The zero-order valence-electron chi connectivity index (χ0n) is 15.9. The van der Waals surface area contributed by atoms with Crippen LogP contribution in [0.1, 0.15) is 25.8 Å². The molecule has 1 saturated heterocycles. The minimum Gasteiger partial charge on any atom is -0.604 e. The second-order valence-electron chi connectivity index (χ2n) is 6.57. The Morgan fingerprint density at radius 1 is 1.28 bits per heavy atom. The van der Waals surface area contributed by atoms with Crippen molar-refractivity contribution in [1.82, 2.24) is 4.90 Å². The number of β-lactam (4-membered cyclic amide) rings is 1. The van der Waals surface area contributed by atoms with Crippen molar-refractivity contribution in [3.8, 4) is 0 Å². The summed E-state index contributed by atoms with van der Waals surface area (Å²) in [5.41, 5.74) is 10.1. The molecular weight excluding hydrogens is 398 g/mol. The molecule has 152 valence electrons. The van der Waals surface area contributed by atoms with E-state index in [0.717, 1.165) is 10.5 Å². The van der Waals surface area contributed by atoms with Gasteiger partial charge in [-0.3, -0.25) is 14.5 Å². The third-order valence-corrected chi connectivity index (χ3v) is 6.46. The molecule has 1 aromatic carbocycles. The first-order valence-electron chi connectivity index (χ1n) is 8.88. The molecule has 2 aliphatic rings. The molecule has 0 aromatic heterocycles. The molecule has 3 atom stereocenters. The highest BCUT2D eigenvalue weighted by molar-refractivity contribution is 8.07. The van der Waals surface area contributed by atoms with Gasteiger partial charge in [-0.15, -0.1) is 4.79 Å². The summed E-state index contributed by atoms with van der Waals surface area (Å²) in [4.78, 5) is 40.5. The number of carbonyl (C=O) groups is 3. The van der Waals surface area contributed by atoms with E-state index in [2.05, 4.69) is 4.79 Å². The maximum absolute atomic E-state index is 12.8. The molecule has 1 fully saturated rings. The van der Waals surface area contributed by atoms with Crippen LogP contribution in [-0.4, -0.2) is 49.1 Å². The molecule has 10 heteroatoms. The Balaban J connectivity index is 1.81. The minimum atomic E-state index is -1.84. The molecular formula is C19H19N3O6S. The highest BCUT2D eigenvalue weighted by atomic mass is 32.2. The van der Waals surface area contributed by atoms with Crippen molar-refractivity contribution < 1.29 is 33.2 Å². The molecule has 2 aliphatic heterocycles. The van der Waals surface area contributed by atoms with Crippen molar-refractivity contribution in [1.29, 1.82) is 0 Å². The number of esters is 2. The Bertz CT molecular complexity index is 925. The van der Waals surface area contributed by atoms with Gasteiger partial charge in [0.2, 0.25) is 11.3 Å². The van der Waals surface area contributed by atoms with Gasteiger partial charge in [-0.25, -0.2) is 4.79 Å². The molecule has 0 bridgehead atoms. The third kappa shape index (κ3) is 3.95. The fourth-order valence-corrected chi connectivity index (χ4v) is 4.97. The molecule has 0 saturated carbocycles. The van der Waals surface area contributed by atoms with E-state index in [1.165, 1.54) is 13.8 Å². The lowest BCUT2D eigenvalue weighted by atomic mass is 9.92. The Labute approximate surface area is 170 Å². The van der Waals surface area contributed by atoms with Gasteiger partial charge in [0, 0.05) is 6.92 Å². The summed E-state index contributed by atoms with van der Waals surface area (Å²) in [6, 6.07) is 9.01. The van der Waals surface area contributed by atoms with Crippen LogP contribution >= 0.6 is 0 Å². The van der Waals surface area contributed by atoms with Crippen molar-refractivity contribution in [3.05, 3.63) is 52.7 Å². The molecule has 0 spiro atoms. The van der Waals surface area contributed by atoms with Gasteiger partial charge in [0.1, 0.15) is 23.8 Å². The fourth-order valence-electron chi connectivity index (χ4n) is 3.31. The summed E-state index contributed by atoms with van der Waals surface area (Å²) < 4.78 is 22.9. The second-order valence-corrected chi connectivity index (χ2v) is 8.04. The predicted molar refractivity (Wildman–Crippen MR) is 101 cm³/mol. The average Bonchev–Trinajstić information content (AvgIpc) is 2.70. The molecule has 1 amide bonds. The molecule has 29 heavy (non-hydrogen) atoms. The van der Waals surface area contributed by atoms with E-state index in [1.54, 1.807) is 24.3 Å². The van der Waals surface area contributed by atoms with Crippen LogP contribution in [0.15, 0.2) is 41.6 Å². The van der Waals surface area contributed by atoms with E-state index in [1.807, 2.05) is 6.07 Å². The number of benzene rings is 1. The third-order valence-electron chi connectivity index (χ3n) is 4.71. The molecule has 1 aromatic rings. The predicted octanol–water partition coefficient (Wildman–Crippen LogP) is 1.13. The highest BCUT2D eigenvalue weighted by Gasteiger charge is 2.64. The summed E-state index contributed by atoms with van der Waals surface area (Å²) in [6.45, 7) is 2.67. The van der Waals surface area contributed by atoms with Crippen LogP contribution < -0.4 is 0 Å². The van der Waals surface area contributed by atoms with Crippen LogP contribution in [-0.2, 0) is 41.6 Å². The molecule has 0 aliphatic carbocycles. The zero-order chi connectivity index (χ0) is 21.1. The fraction of sp³-hybridized carbons (Fsp3) is 0.368. The summed E-state index contributed by atoms with van der Waals surface area (Å²) in [6.07, 6.45) is 0.148. The van der Waals surface area contributed by atoms with Gasteiger partial charge in [-0.2, -0.15) is 0 Å². The number of nitrogens with zero attached hydrogens (tertiary/aromatic N) is 3. The van der Waals surface area contributed by atoms with E-state index in [9.17, 15) is 24.5 Å². The number of fused-ring (bicyclic) bond motifs is 1. The van der Waals surface area contributed by atoms with Crippen LogP contribution in [0.4, 0.5) is 0 Å². The van der Waals surface area contributed by atoms with E-state index >= 15 is 0 Å². The van der Waals surface area contributed by atoms with Crippen molar-refractivity contribution in [2.45, 2.75) is 32.2 Å². The van der Waals surface area contributed by atoms with Crippen molar-refractivity contribution >= 4 is 34.1 Å². The highest BCUT2D eigenvalue weighted by Crippen LogP contribution is 2.42. The number of rotatable bonds is 6. The molecule has 0 N–H and O–H groups in total. The summed E-state index contributed by atoms with van der Waals surface area (Å²) in [5, 5.41) is -1.06. The maximum atomic E-state index is 12.8. The van der Waals surface area contributed by atoms with Crippen molar-refractivity contribution in [3.63, 3.8) is 0 Å². The summed E-state index contributed by atoms with van der Waals surface area (Å²) in [5.74, 6) is -2.41. The lowest BCUT2D eigenvalue weighted by Gasteiger charge is -2.46. The maximum Gasteiger partial charge on any atom is 0.490 e. The minimum absolute atomic E-state index is 0.00623. The quantitative estimate of drug-likeness (QED) is 0.224. The summed E-state index contributed by atoms with van der Waals surface area (Å²) in [7, 11) is 0. The smallest absolute Gasteiger partial charge is 0.490 e. The van der Waals surface area contributed by atoms with Crippen LogP contribution in [0.5, 0.6) is 0 Å². The van der Waals surface area contributed by atoms with Crippen LogP contribution in [0.25, 0.3) is 5.53 Å².